The Morgan fingerprint density at radius 1 is 1.07 bits per heavy atom. The summed E-state index contributed by atoms with van der Waals surface area (Å²) in [7, 11) is 7.47. The van der Waals surface area contributed by atoms with E-state index >= 15 is 0 Å². The van der Waals surface area contributed by atoms with Crippen molar-refractivity contribution in [1.29, 1.82) is 0 Å². The number of amides is 2. The van der Waals surface area contributed by atoms with Crippen molar-refractivity contribution in [3.05, 3.63) is 59.8 Å². The molecule has 1 fully saturated rings. The van der Waals surface area contributed by atoms with Gasteiger partial charge in [-0.2, -0.15) is 4.98 Å². The first-order chi connectivity index (χ1) is 22.0. The largest absolute Gasteiger partial charge is 0.495 e. The van der Waals surface area contributed by atoms with Crippen LogP contribution in [0.25, 0.3) is 0 Å². The molecule has 0 saturated carbocycles. The molecule has 1 saturated heterocycles. The minimum atomic E-state index is -0.622. The summed E-state index contributed by atoms with van der Waals surface area (Å²) in [6.07, 6.45) is 2.79. The van der Waals surface area contributed by atoms with Crippen LogP contribution in [0.2, 0.25) is 0 Å². The number of carbonyl (C=O) groups excluding carboxylic acids is 2. The third kappa shape index (κ3) is 7.51. The molecule has 1 unspecified atom stereocenters. The van der Waals surface area contributed by atoms with Crippen molar-refractivity contribution in [2.75, 3.05) is 81.0 Å². The molecule has 2 amide bonds. The molecule has 246 valence electrons. The van der Waals surface area contributed by atoms with Gasteiger partial charge in [0.15, 0.2) is 0 Å². The fraction of sp³-hybridized carbons (Fsp3) is 0.471. The molecule has 2 aliphatic rings. The molecular formula is C34H46N8O4. The number of rotatable bonds is 9. The van der Waals surface area contributed by atoms with E-state index in [0.717, 1.165) is 49.4 Å². The Kier molecular flexibility index (Phi) is 9.97. The normalized spacial score (nSPS) is 17.0. The van der Waals surface area contributed by atoms with E-state index in [2.05, 4.69) is 44.2 Å². The third-order valence-electron chi connectivity index (χ3n) is 8.40. The molecule has 46 heavy (non-hydrogen) atoms. The van der Waals surface area contributed by atoms with Gasteiger partial charge in [-0.3, -0.25) is 14.6 Å². The van der Waals surface area contributed by atoms with E-state index in [4.69, 9.17) is 14.5 Å². The number of piperazine rings is 1. The standard InChI is InChI=1S/C34H46N8O4/c1-34(2,3)46-33(44)42-16-15-28(27-9-8-10-29(45-7)30(27)42)39(5)22-24-21-35-32(37-31(24)40(6)23-43)36-25-11-13-26(14-12-25)41-19-17-38(4)18-20-41/h8-14,21,23,28H,15-20,22H2,1-7H3,(H,35,36,37). The van der Waals surface area contributed by atoms with Crippen LogP contribution in [-0.2, 0) is 16.1 Å². The van der Waals surface area contributed by atoms with Gasteiger partial charge in [0.2, 0.25) is 12.4 Å². The van der Waals surface area contributed by atoms with E-state index in [-0.39, 0.29) is 6.04 Å². The maximum absolute atomic E-state index is 13.2. The average molecular weight is 631 g/mol. The Morgan fingerprint density at radius 3 is 2.43 bits per heavy atom. The van der Waals surface area contributed by atoms with Crippen LogP contribution < -0.4 is 24.8 Å². The Bertz CT molecular complexity index is 1520. The number of ether oxygens (including phenoxy) is 2. The molecule has 3 heterocycles. The Labute approximate surface area is 271 Å². The lowest BCUT2D eigenvalue weighted by Crippen LogP contribution is -2.44. The molecule has 3 aromatic rings. The van der Waals surface area contributed by atoms with Gasteiger partial charge in [0, 0.05) is 75.5 Å². The zero-order valence-corrected chi connectivity index (χ0v) is 28.0. The van der Waals surface area contributed by atoms with E-state index in [1.807, 2.05) is 58.2 Å². The maximum atomic E-state index is 13.2. The molecular weight excluding hydrogens is 584 g/mol. The minimum absolute atomic E-state index is 0.0326. The summed E-state index contributed by atoms with van der Waals surface area (Å²) >= 11 is 0. The van der Waals surface area contributed by atoms with Gasteiger partial charge in [-0.05, 0) is 77.2 Å². The fourth-order valence-corrected chi connectivity index (χ4v) is 5.99. The van der Waals surface area contributed by atoms with Crippen LogP contribution in [0.15, 0.2) is 48.7 Å². The van der Waals surface area contributed by atoms with Crippen LogP contribution in [-0.4, -0.2) is 98.8 Å². The number of nitrogens with zero attached hydrogens (tertiary/aromatic N) is 7. The topological polar surface area (TPSA) is 107 Å². The van der Waals surface area contributed by atoms with Gasteiger partial charge in [-0.1, -0.05) is 12.1 Å². The smallest absolute Gasteiger partial charge is 0.414 e. The summed E-state index contributed by atoms with van der Waals surface area (Å²) in [4.78, 5) is 44.5. The highest BCUT2D eigenvalue weighted by molar-refractivity contribution is 5.92. The molecule has 2 aliphatic heterocycles. The molecule has 1 atom stereocenters. The number of para-hydroxylation sites is 1. The van der Waals surface area contributed by atoms with Crippen molar-refractivity contribution in [1.82, 2.24) is 19.8 Å². The van der Waals surface area contributed by atoms with Crippen LogP contribution in [0, 0.1) is 0 Å². The van der Waals surface area contributed by atoms with E-state index in [0.29, 0.717) is 42.7 Å². The van der Waals surface area contributed by atoms with Gasteiger partial charge in [-0.15, -0.1) is 0 Å². The highest BCUT2D eigenvalue weighted by atomic mass is 16.6. The van der Waals surface area contributed by atoms with Crippen LogP contribution in [0.5, 0.6) is 5.75 Å². The van der Waals surface area contributed by atoms with Gasteiger partial charge in [0.05, 0.1) is 12.8 Å². The number of nitrogens with one attached hydrogen (secondary N) is 1. The van der Waals surface area contributed by atoms with Crippen molar-refractivity contribution >= 4 is 41.3 Å². The van der Waals surface area contributed by atoms with E-state index in [1.165, 1.54) is 10.6 Å². The number of hydrogen-bond acceptors (Lipinski definition) is 10. The predicted molar refractivity (Wildman–Crippen MR) is 181 cm³/mol. The molecule has 1 N–H and O–H groups in total. The van der Waals surface area contributed by atoms with Gasteiger partial charge < -0.3 is 29.5 Å². The lowest BCUT2D eigenvalue weighted by atomic mass is 9.94. The molecule has 0 spiro atoms. The van der Waals surface area contributed by atoms with Gasteiger partial charge in [-0.25, -0.2) is 9.78 Å². The molecule has 12 heteroatoms. The number of benzene rings is 2. The Morgan fingerprint density at radius 2 is 1.78 bits per heavy atom. The minimum Gasteiger partial charge on any atom is -0.495 e. The first-order valence-corrected chi connectivity index (χ1v) is 15.7. The van der Waals surface area contributed by atoms with Crippen LogP contribution >= 0.6 is 0 Å². The Hall–Kier alpha value is -4.42. The van der Waals surface area contributed by atoms with Crippen molar-refractivity contribution in [3.63, 3.8) is 0 Å². The first-order valence-electron chi connectivity index (χ1n) is 15.7. The summed E-state index contributed by atoms with van der Waals surface area (Å²) in [6, 6.07) is 14.0. The van der Waals surface area contributed by atoms with Crippen LogP contribution in [0.4, 0.5) is 33.6 Å². The number of methoxy groups -OCH3 is 1. The fourth-order valence-electron chi connectivity index (χ4n) is 5.99. The highest BCUT2D eigenvalue weighted by Gasteiger charge is 2.35. The molecule has 12 nitrogen and oxygen atoms in total. The van der Waals surface area contributed by atoms with Gasteiger partial charge in [0.25, 0.3) is 0 Å². The summed E-state index contributed by atoms with van der Waals surface area (Å²) in [6.45, 7) is 10.6. The number of fused-ring (bicyclic) bond motifs is 1. The van der Waals surface area contributed by atoms with E-state index in [9.17, 15) is 9.59 Å². The first kappa shape index (κ1) is 33.0. The number of anilines is 5. The second-order valence-electron chi connectivity index (χ2n) is 13.0. The third-order valence-corrected chi connectivity index (χ3v) is 8.40. The molecule has 0 radical (unpaired) electrons. The van der Waals surface area contributed by atoms with Gasteiger partial charge >= 0.3 is 6.09 Å². The molecule has 2 aromatic carbocycles. The zero-order chi connectivity index (χ0) is 33.0. The molecule has 0 bridgehead atoms. The van der Waals surface area contributed by atoms with E-state index < -0.39 is 11.7 Å². The number of likely N-dealkylation sites (N-methyl/N-ethyl adjacent to an activating group) is 1. The summed E-state index contributed by atoms with van der Waals surface area (Å²) < 4.78 is 11.4. The van der Waals surface area contributed by atoms with Crippen LogP contribution in [0.1, 0.15) is 44.4 Å². The van der Waals surface area contributed by atoms with Gasteiger partial charge in [0.1, 0.15) is 17.2 Å². The predicted octanol–water partition coefficient (Wildman–Crippen LogP) is 4.89. The number of hydrogen-bond donors (Lipinski definition) is 1. The summed E-state index contributed by atoms with van der Waals surface area (Å²) in [5.41, 5.74) is 3.90. The van der Waals surface area contributed by atoms with Crippen molar-refractivity contribution in [2.24, 2.45) is 0 Å². The lowest BCUT2D eigenvalue weighted by molar-refractivity contribution is -0.107. The quantitative estimate of drug-likeness (QED) is 0.329. The SMILES string of the molecule is COc1cccc2c1N(C(=O)OC(C)(C)C)CCC2N(C)Cc1cnc(Nc2ccc(N3CCN(C)CC3)cc2)nc1N(C)C=O. The molecule has 1 aromatic heterocycles. The summed E-state index contributed by atoms with van der Waals surface area (Å²) in [5, 5.41) is 3.29. The lowest BCUT2D eigenvalue weighted by Gasteiger charge is -2.39. The van der Waals surface area contributed by atoms with Crippen molar-refractivity contribution in [3.8, 4) is 5.75 Å². The highest BCUT2D eigenvalue weighted by Crippen LogP contribution is 2.43. The molecule has 0 aliphatic carbocycles. The van der Waals surface area contributed by atoms with Crippen LogP contribution in [0.3, 0.4) is 0 Å². The zero-order valence-electron chi connectivity index (χ0n) is 28.0. The second kappa shape index (κ2) is 13.9. The Balaban J connectivity index is 1.34. The molecule has 5 rings (SSSR count). The monoisotopic (exact) mass is 630 g/mol. The number of carbonyl (C=O) groups is 2. The summed E-state index contributed by atoms with van der Waals surface area (Å²) in [5.74, 6) is 1.53. The average Bonchev–Trinajstić information content (AvgIpc) is 3.04. The second-order valence-corrected chi connectivity index (χ2v) is 13.0. The maximum Gasteiger partial charge on any atom is 0.414 e. The number of aromatic nitrogens is 2. The van der Waals surface area contributed by atoms with Crippen molar-refractivity contribution < 1.29 is 19.1 Å². The van der Waals surface area contributed by atoms with Crippen molar-refractivity contribution in [2.45, 2.75) is 45.4 Å². The van der Waals surface area contributed by atoms with E-state index in [1.54, 1.807) is 25.3 Å².